The molecule has 0 aromatic carbocycles. The predicted octanol–water partition coefficient (Wildman–Crippen LogP) is 1.91. The van der Waals surface area contributed by atoms with Crippen LogP contribution in [-0.4, -0.2) is 12.4 Å². The summed E-state index contributed by atoms with van der Waals surface area (Å²) in [6.45, 7) is 0.891. The monoisotopic (exact) mass is 153 g/mol. The summed E-state index contributed by atoms with van der Waals surface area (Å²) in [6, 6.07) is 0. The maximum atomic E-state index is 5.12. The third-order valence-corrected chi connectivity index (χ3v) is 4.52. The van der Waals surface area contributed by atoms with Crippen molar-refractivity contribution in [2.24, 2.45) is 0 Å². The first-order valence-corrected chi connectivity index (χ1v) is 5.99. The molecule has 1 aliphatic rings. The van der Waals surface area contributed by atoms with Crippen LogP contribution in [0.2, 0.25) is 0 Å². The molecule has 1 atom stereocenters. The van der Waals surface area contributed by atoms with Crippen molar-refractivity contribution >= 4 is 29.3 Å². The molecule has 4 heteroatoms. The normalized spacial score (nSPS) is 27.7. The minimum Gasteiger partial charge on any atom is -0.317 e. The molecule has 0 N–H and O–H groups in total. The van der Waals surface area contributed by atoms with E-state index < -0.39 is 6.13 Å². The Bertz CT molecular complexity index is 77.0. The van der Waals surface area contributed by atoms with E-state index in [1.54, 1.807) is 11.4 Å². The summed E-state index contributed by atoms with van der Waals surface area (Å²) in [4.78, 5) is 0. The summed E-state index contributed by atoms with van der Waals surface area (Å²) in [5.74, 6) is 1.20. The van der Waals surface area contributed by atoms with Gasteiger partial charge < -0.3 is 4.52 Å². The molecule has 0 saturated carbocycles. The molecule has 0 aromatic heterocycles. The van der Waals surface area contributed by atoms with Gasteiger partial charge in [-0.05, 0) is 18.2 Å². The van der Waals surface area contributed by atoms with Gasteiger partial charge in [-0.2, -0.15) is 0 Å². The van der Waals surface area contributed by atoms with E-state index in [1.165, 1.54) is 12.2 Å². The van der Waals surface area contributed by atoms with Crippen molar-refractivity contribution in [3.05, 3.63) is 0 Å². The van der Waals surface area contributed by atoms with Crippen molar-refractivity contribution in [2.75, 3.05) is 12.4 Å². The molecule has 1 rings (SSSR count). The zero-order chi connectivity index (χ0) is 5.11. The van der Waals surface area contributed by atoms with Crippen LogP contribution in [0.4, 0.5) is 0 Å². The van der Waals surface area contributed by atoms with Crippen molar-refractivity contribution in [1.82, 2.24) is 0 Å². The van der Waals surface area contributed by atoms with Crippen LogP contribution in [0.3, 0.4) is 0 Å². The average Bonchev–Trinajstić information content (AvgIpc) is 1.69. The van der Waals surface area contributed by atoms with E-state index in [0.29, 0.717) is 0 Å². The molecule has 41 valence electrons. The lowest BCUT2D eigenvalue weighted by Crippen LogP contribution is -1.92. The molecule has 7 heavy (non-hydrogen) atoms. The first-order valence-electron chi connectivity index (χ1n) is 2.13. The zero-order valence-electron chi connectivity index (χ0n) is 3.79. The fraction of sp³-hybridized carbons (Fsp3) is 1.00. The molecule has 1 nitrogen and oxygen atoms in total. The lowest BCUT2D eigenvalue weighted by atomic mass is 10.5. The summed E-state index contributed by atoms with van der Waals surface area (Å²) in [5.41, 5.74) is 0. The smallest absolute Gasteiger partial charge is 0.115 e. The SMILES string of the molecule is S=[P]1OCCCS1. The number of hydrogen-bond donors (Lipinski definition) is 0. The Morgan fingerprint density at radius 2 is 2.57 bits per heavy atom. The highest BCUT2D eigenvalue weighted by Gasteiger charge is 2.02. The fourth-order valence-corrected chi connectivity index (χ4v) is 3.30. The van der Waals surface area contributed by atoms with Crippen LogP contribution in [0.5, 0.6) is 0 Å². The second-order valence-electron chi connectivity index (χ2n) is 1.24. The van der Waals surface area contributed by atoms with E-state index in [-0.39, 0.29) is 0 Å². The van der Waals surface area contributed by atoms with Gasteiger partial charge >= 0.3 is 0 Å². The molecule has 1 fully saturated rings. The van der Waals surface area contributed by atoms with Gasteiger partial charge in [0.15, 0.2) is 0 Å². The Balaban J connectivity index is 2.25. The second-order valence-corrected chi connectivity index (χ2v) is 6.07. The second kappa shape index (κ2) is 2.98. The van der Waals surface area contributed by atoms with Crippen LogP contribution >= 0.6 is 17.5 Å². The van der Waals surface area contributed by atoms with E-state index in [1.807, 2.05) is 0 Å². The molecule has 1 saturated heterocycles. The standard InChI is InChI=1S/C3H6OPS2/c6-5-4-2-1-3-7-5/h1-3H2. The van der Waals surface area contributed by atoms with Gasteiger partial charge in [-0.15, -0.1) is 0 Å². The summed E-state index contributed by atoms with van der Waals surface area (Å²) in [7, 11) is 0. The summed E-state index contributed by atoms with van der Waals surface area (Å²) in [6.07, 6.45) is 0.689. The van der Waals surface area contributed by atoms with Gasteiger partial charge in [0, 0.05) is 5.75 Å². The van der Waals surface area contributed by atoms with Crippen molar-refractivity contribution in [3.63, 3.8) is 0 Å². The summed E-state index contributed by atoms with van der Waals surface area (Å²) < 4.78 is 5.12. The first kappa shape index (κ1) is 5.96. The van der Waals surface area contributed by atoms with E-state index in [9.17, 15) is 0 Å². The summed E-state index contributed by atoms with van der Waals surface area (Å²) in [5, 5.41) is 0. The molecule has 1 unspecified atom stereocenters. The summed E-state index contributed by atoms with van der Waals surface area (Å²) >= 11 is 6.67. The van der Waals surface area contributed by atoms with Crippen molar-refractivity contribution < 1.29 is 4.52 Å². The van der Waals surface area contributed by atoms with Crippen LogP contribution in [-0.2, 0) is 16.3 Å². The van der Waals surface area contributed by atoms with Crippen molar-refractivity contribution in [1.29, 1.82) is 0 Å². The van der Waals surface area contributed by atoms with E-state index in [4.69, 9.17) is 16.3 Å². The van der Waals surface area contributed by atoms with E-state index in [2.05, 4.69) is 0 Å². The molecule has 1 aliphatic heterocycles. The Labute approximate surface area is 53.1 Å². The minimum atomic E-state index is -0.492. The van der Waals surface area contributed by atoms with Crippen LogP contribution < -0.4 is 0 Å². The van der Waals surface area contributed by atoms with Crippen LogP contribution in [0, 0.1) is 0 Å². The van der Waals surface area contributed by atoms with Gasteiger partial charge in [0.05, 0.1) is 6.61 Å². The highest BCUT2D eigenvalue weighted by Crippen LogP contribution is 2.42. The van der Waals surface area contributed by atoms with Gasteiger partial charge in [0.2, 0.25) is 0 Å². The Kier molecular flexibility index (Phi) is 2.53. The van der Waals surface area contributed by atoms with E-state index in [0.717, 1.165) is 6.61 Å². The fourth-order valence-electron chi connectivity index (χ4n) is 0.374. The van der Waals surface area contributed by atoms with Crippen molar-refractivity contribution in [3.8, 4) is 0 Å². The van der Waals surface area contributed by atoms with Gasteiger partial charge in [0.1, 0.15) is 6.13 Å². The third-order valence-electron chi connectivity index (χ3n) is 0.682. The van der Waals surface area contributed by atoms with Crippen molar-refractivity contribution in [2.45, 2.75) is 6.42 Å². The molecular formula is C3H6OPS2. The van der Waals surface area contributed by atoms with Crippen LogP contribution in [0.15, 0.2) is 0 Å². The van der Waals surface area contributed by atoms with Gasteiger partial charge in [0.25, 0.3) is 0 Å². The Morgan fingerprint density at radius 1 is 1.71 bits per heavy atom. The van der Waals surface area contributed by atoms with Gasteiger partial charge in [-0.25, -0.2) is 0 Å². The molecule has 1 heterocycles. The molecule has 0 bridgehead atoms. The Morgan fingerprint density at radius 3 is 2.86 bits per heavy atom. The largest absolute Gasteiger partial charge is 0.317 e. The molecule has 0 aliphatic carbocycles. The number of hydrogen-bond acceptors (Lipinski definition) is 3. The number of rotatable bonds is 0. The zero-order valence-corrected chi connectivity index (χ0v) is 6.32. The van der Waals surface area contributed by atoms with Gasteiger partial charge in [-0.3, -0.25) is 0 Å². The highest BCUT2D eigenvalue weighted by atomic mass is 32.9. The molecule has 0 aromatic rings. The molecular weight excluding hydrogens is 147 g/mol. The maximum absolute atomic E-state index is 5.12. The predicted molar refractivity (Wildman–Crippen MR) is 37.3 cm³/mol. The third kappa shape index (κ3) is 2.04. The van der Waals surface area contributed by atoms with E-state index >= 15 is 0 Å². The lowest BCUT2D eigenvalue weighted by Gasteiger charge is -2.09. The highest BCUT2D eigenvalue weighted by molar-refractivity contribution is 8.62. The molecule has 0 amide bonds. The van der Waals surface area contributed by atoms with Crippen LogP contribution in [0.1, 0.15) is 6.42 Å². The lowest BCUT2D eigenvalue weighted by molar-refractivity contribution is 0.365. The maximum Gasteiger partial charge on any atom is 0.115 e. The van der Waals surface area contributed by atoms with Crippen LogP contribution in [0.25, 0.3) is 0 Å². The van der Waals surface area contributed by atoms with Gasteiger partial charge in [-0.1, -0.05) is 11.4 Å². The molecule has 0 spiro atoms. The topological polar surface area (TPSA) is 9.23 Å². The quantitative estimate of drug-likeness (QED) is 0.492. The first-order chi connectivity index (χ1) is 3.39. The Hall–Kier alpha value is 0.830. The minimum absolute atomic E-state index is 0.492. The average molecular weight is 153 g/mol. The molecule has 1 radical (unpaired) electrons.